The lowest BCUT2D eigenvalue weighted by Crippen LogP contribution is -1.90. The topological polar surface area (TPSA) is 37.9 Å². The van der Waals surface area contributed by atoms with Gasteiger partial charge in [0.1, 0.15) is 5.75 Å². The first-order chi connectivity index (χ1) is 13.1. The van der Waals surface area contributed by atoms with Gasteiger partial charge in [-0.15, -0.1) is 0 Å². The number of hydrogen-bond donors (Lipinski definition) is 1. The lowest BCUT2D eigenvalue weighted by atomic mass is 10.0. The maximum Gasteiger partial charge on any atom is 0.118 e. The van der Waals surface area contributed by atoms with Gasteiger partial charge in [-0.25, -0.2) is 4.98 Å². The van der Waals surface area contributed by atoms with Crippen LogP contribution in [0, 0.1) is 13.8 Å². The van der Waals surface area contributed by atoms with Gasteiger partial charge in [0.15, 0.2) is 0 Å². The number of aromatic amines is 1. The maximum absolute atomic E-state index is 5.32. The molecule has 5 aromatic rings. The summed E-state index contributed by atoms with van der Waals surface area (Å²) in [6, 6.07) is 21.1. The van der Waals surface area contributed by atoms with E-state index in [4.69, 9.17) is 9.72 Å². The number of H-pyrrole nitrogens is 1. The zero-order valence-electron chi connectivity index (χ0n) is 15.6. The third-order valence-electron chi connectivity index (χ3n) is 5.21. The Morgan fingerprint density at radius 1 is 0.815 bits per heavy atom. The number of fused-ring (bicyclic) bond motifs is 5. The van der Waals surface area contributed by atoms with Gasteiger partial charge in [-0.2, -0.15) is 0 Å². The lowest BCUT2D eigenvalue weighted by molar-refractivity contribution is 0.415. The molecule has 0 saturated carbocycles. The van der Waals surface area contributed by atoms with Crippen LogP contribution in [0.3, 0.4) is 0 Å². The molecule has 0 aliphatic carbocycles. The van der Waals surface area contributed by atoms with E-state index in [0.29, 0.717) is 0 Å². The third kappa shape index (κ3) is 2.47. The number of pyridine rings is 1. The second-order valence-corrected chi connectivity index (χ2v) is 7.13. The Morgan fingerprint density at radius 3 is 2.26 bits per heavy atom. The highest BCUT2D eigenvalue weighted by Crippen LogP contribution is 2.38. The number of aryl methyl sites for hydroxylation is 2. The molecule has 0 atom stereocenters. The molecule has 0 bridgehead atoms. The first-order valence-electron chi connectivity index (χ1n) is 9.11. The van der Waals surface area contributed by atoms with Crippen molar-refractivity contribution in [1.29, 1.82) is 0 Å². The quantitative estimate of drug-likeness (QED) is 0.413. The Morgan fingerprint density at radius 2 is 1.52 bits per heavy atom. The van der Waals surface area contributed by atoms with Crippen molar-refractivity contribution in [1.82, 2.24) is 9.97 Å². The highest BCUT2D eigenvalue weighted by molar-refractivity contribution is 6.21. The van der Waals surface area contributed by atoms with Gasteiger partial charge in [-0.3, -0.25) is 0 Å². The minimum Gasteiger partial charge on any atom is -0.497 e. The summed E-state index contributed by atoms with van der Waals surface area (Å²) in [6.45, 7) is 4.25. The number of benzene rings is 3. The van der Waals surface area contributed by atoms with E-state index >= 15 is 0 Å². The first-order valence-corrected chi connectivity index (χ1v) is 9.11. The largest absolute Gasteiger partial charge is 0.497 e. The molecular formula is C24H20N2O. The average Bonchev–Trinajstić information content (AvgIpc) is 3.07. The number of nitrogens with one attached hydrogen (secondary N) is 1. The van der Waals surface area contributed by atoms with Gasteiger partial charge in [0.05, 0.1) is 23.8 Å². The van der Waals surface area contributed by atoms with E-state index in [9.17, 15) is 0 Å². The minimum atomic E-state index is 0.848. The van der Waals surface area contributed by atoms with E-state index in [1.807, 2.05) is 12.1 Å². The van der Waals surface area contributed by atoms with Crippen LogP contribution in [0.15, 0.2) is 60.7 Å². The van der Waals surface area contributed by atoms with Gasteiger partial charge in [-0.05, 0) is 62.4 Å². The van der Waals surface area contributed by atoms with Crippen LogP contribution in [0.2, 0.25) is 0 Å². The molecule has 132 valence electrons. The molecule has 5 rings (SSSR count). The van der Waals surface area contributed by atoms with E-state index in [2.05, 4.69) is 67.4 Å². The fourth-order valence-electron chi connectivity index (χ4n) is 3.84. The summed E-state index contributed by atoms with van der Waals surface area (Å²) in [4.78, 5) is 8.70. The van der Waals surface area contributed by atoms with E-state index < -0.39 is 0 Å². The maximum atomic E-state index is 5.32. The second kappa shape index (κ2) is 5.85. The third-order valence-corrected chi connectivity index (χ3v) is 5.21. The molecule has 3 heteroatoms. The molecule has 1 N–H and O–H groups in total. The van der Waals surface area contributed by atoms with Gasteiger partial charge in [-0.1, -0.05) is 23.3 Å². The Labute approximate surface area is 157 Å². The van der Waals surface area contributed by atoms with E-state index in [-0.39, 0.29) is 0 Å². The summed E-state index contributed by atoms with van der Waals surface area (Å²) in [5.74, 6) is 0.848. The van der Waals surface area contributed by atoms with Crippen LogP contribution in [0.25, 0.3) is 44.0 Å². The first kappa shape index (κ1) is 15.9. The predicted octanol–water partition coefficient (Wildman–Crippen LogP) is 6.16. The molecule has 2 heterocycles. The number of rotatable bonds is 2. The summed E-state index contributed by atoms with van der Waals surface area (Å²) in [5, 5.41) is 3.56. The lowest BCUT2D eigenvalue weighted by Gasteiger charge is -2.09. The molecule has 27 heavy (non-hydrogen) atoms. The van der Waals surface area contributed by atoms with Crippen molar-refractivity contribution >= 4 is 32.7 Å². The van der Waals surface area contributed by atoms with Gasteiger partial charge < -0.3 is 9.72 Å². The molecule has 0 unspecified atom stereocenters. The number of aromatic nitrogens is 2. The molecule has 2 aromatic heterocycles. The van der Waals surface area contributed by atoms with Crippen molar-refractivity contribution in [3.05, 3.63) is 71.8 Å². The van der Waals surface area contributed by atoms with Crippen molar-refractivity contribution in [2.75, 3.05) is 7.11 Å². The molecule has 0 spiro atoms. The minimum absolute atomic E-state index is 0.848. The highest BCUT2D eigenvalue weighted by atomic mass is 16.5. The smallest absolute Gasteiger partial charge is 0.118 e. The number of nitrogens with zero attached hydrogens (tertiary/aromatic N) is 1. The Hall–Kier alpha value is -3.33. The van der Waals surface area contributed by atoms with Crippen LogP contribution in [0.5, 0.6) is 5.75 Å². The fourth-order valence-corrected chi connectivity index (χ4v) is 3.84. The van der Waals surface area contributed by atoms with Crippen LogP contribution in [-0.2, 0) is 0 Å². The Balaban J connectivity index is 1.96. The van der Waals surface area contributed by atoms with Crippen LogP contribution in [0.1, 0.15) is 11.1 Å². The Kier molecular flexibility index (Phi) is 3.44. The van der Waals surface area contributed by atoms with Crippen LogP contribution in [0.4, 0.5) is 0 Å². The highest BCUT2D eigenvalue weighted by Gasteiger charge is 2.16. The summed E-state index contributed by atoms with van der Waals surface area (Å²) in [7, 11) is 1.69. The standard InChI is InChI=1S/C24H20N2O/c1-14-4-10-20-18(12-14)22-23(16-6-8-17(27-3)9-7-16)25-21-11-5-15(2)13-19(21)24(22)26-20/h4-13,26H,1-3H3. The van der Waals surface area contributed by atoms with Crippen LogP contribution >= 0.6 is 0 Å². The van der Waals surface area contributed by atoms with Gasteiger partial charge in [0, 0.05) is 27.2 Å². The number of hydrogen-bond acceptors (Lipinski definition) is 2. The summed E-state index contributed by atoms with van der Waals surface area (Å²) >= 11 is 0. The van der Waals surface area contributed by atoms with Crippen molar-refractivity contribution in [2.45, 2.75) is 13.8 Å². The summed E-state index contributed by atoms with van der Waals surface area (Å²) in [5.41, 5.74) is 7.86. The van der Waals surface area contributed by atoms with E-state index in [1.165, 1.54) is 21.9 Å². The summed E-state index contributed by atoms with van der Waals surface area (Å²) in [6.07, 6.45) is 0. The van der Waals surface area contributed by atoms with E-state index in [1.54, 1.807) is 7.11 Å². The van der Waals surface area contributed by atoms with Gasteiger partial charge in [0.25, 0.3) is 0 Å². The molecule has 0 saturated heterocycles. The van der Waals surface area contributed by atoms with Gasteiger partial charge >= 0.3 is 0 Å². The van der Waals surface area contributed by atoms with Crippen molar-refractivity contribution < 1.29 is 4.74 Å². The predicted molar refractivity (Wildman–Crippen MR) is 113 cm³/mol. The Bertz CT molecular complexity index is 1310. The molecular weight excluding hydrogens is 332 g/mol. The molecule has 0 aliphatic rings. The van der Waals surface area contributed by atoms with Gasteiger partial charge in [0.2, 0.25) is 0 Å². The number of ether oxygens (including phenoxy) is 1. The molecule has 3 aromatic carbocycles. The van der Waals surface area contributed by atoms with Crippen molar-refractivity contribution in [2.24, 2.45) is 0 Å². The zero-order chi connectivity index (χ0) is 18.5. The molecule has 0 aliphatic heterocycles. The summed E-state index contributed by atoms with van der Waals surface area (Å²) < 4.78 is 5.32. The van der Waals surface area contributed by atoms with E-state index in [0.717, 1.165) is 38.9 Å². The zero-order valence-corrected chi connectivity index (χ0v) is 15.6. The molecule has 0 radical (unpaired) electrons. The second-order valence-electron chi connectivity index (χ2n) is 7.13. The SMILES string of the molecule is COc1ccc(-c2nc3ccc(C)cc3c3[nH]c4ccc(C)cc4c23)cc1. The van der Waals surface area contributed by atoms with Crippen LogP contribution in [-0.4, -0.2) is 17.1 Å². The monoisotopic (exact) mass is 352 g/mol. The van der Waals surface area contributed by atoms with Crippen molar-refractivity contribution in [3.8, 4) is 17.0 Å². The fraction of sp³-hybridized carbons (Fsp3) is 0.125. The molecule has 3 nitrogen and oxygen atoms in total. The average molecular weight is 352 g/mol. The normalized spacial score (nSPS) is 11.5. The van der Waals surface area contributed by atoms with Crippen LogP contribution < -0.4 is 4.74 Å². The number of methoxy groups -OCH3 is 1. The molecule has 0 amide bonds. The molecule has 0 fully saturated rings. The van der Waals surface area contributed by atoms with Crippen molar-refractivity contribution in [3.63, 3.8) is 0 Å².